The van der Waals surface area contributed by atoms with Gasteiger partial charge in [-0.2, -0.15) is 14.1 Å². The molecule has 0 atom stereocenters. The van der Waals surface area contributed by atoms with E-state index >= 15 is 0 Å². The molecule has 0 rings (SSSR count). The van der Waals surface area contributed by atoms with Gasteiger partial charge in [0.25, 0.3) is 0 Å². The van der Waals surface area contributed by atoms with Gasteiger partial charge < -0.3 is 5.32 Å². The predicted molar refractivity (Wildman–Crippen MR) is 23.6 cm³/mol. The smallest absolute Gasteiger partial charge is 0 e. The van der Waals surface area contributed by atoms with E-state index in [1.807, 2.05) is 0 Å². The maximum absolute atomic E-state index is 4.00. The Morgan fingerprint density at radius 3 is 1.17 bits per heavy atom. The molecule has 0 saturated heterocycles. The second kappa shape index (κ2) is 46.5. The molecule has 4 N–H and O–H groups in total. The third-order valence-electron chi connectivity index (χ3n) is 0. The third kappa shape index (κ3) is 168. The van der Waals surface area contributed by atoms with Crippen molar-refractivity contribution < 1.29 is 21.7 Å². The van der Waals surface area contributed by atoms with Crippen LogP contribution in [0.15, 0.2) is 0 Å². The number of hydrogen-bond donors (Lipinski definition) is 2. The number of hydrogen-bond acceptors (Lipinski definition) is 2. The van der Waals surface area contributed by atoms with E-state index in [4.69, 9.17) is 0 Å². The fourth-order valence-corrected chi connectivity index (χ4v) is 0. The Labute approximate surface area is 53.3 Å². The van der Waals surface area contributed by atoms with E-state index in [1.165, 1.54) is 0 Å². The van der Waals surface area contributed by atoms with Gasteiger partial charge in [-0.3, -0.25) is 11.7 Å². The van der Waals surface area contributed by atoms with Gasteiger partial charge in [-0.25, -0.2) is 0 Å². The van der Waals surface area contributed by atoms with Crippen LogP contribution >= 0.6 is 0 Å². The largest absolute Gasteiger partial charge is 0.668 e. The number of rotatable bonds is 0. The van der Waals surface area contributed by atoms with E-state index in [2.05, 4.69) is 17.0 Å². The van der Waals surface area contributed by atoms with Crippen molar-refractivity contribution in [3.63, 3.8) is 0 Å². The van der Waals surface area contributed by atoms with Crippen LogP contribution in [0.2, 0.25) is 0 Å². The van der Waals surface area contributed by atoms with Crippen molar-refractivity contribution in [2.24, 2.45) is 11.7 Å². The summed E-state index contributed by atoms with van der Waals surface area (Å²) in [5, 5.41) is 3.50. The molecule has 0 aromatic heterocycles. The number of hydrazine groups is 1. The van der Waals surface area contributed by atoms with Crippen LogP contribution < -0.4 is 11.7 Å². The van der Waals surface area contributed by atoms with Crippen LogP contribution in [-0.4, -0.2) is 14.1 Å². The molecule has 0 heterocycles. The van der Waals surface area contributed by atoms with Gasteiger partial charge in [0.15, 0.2) is 0 Å². The molecule has 0 saturated carbocycles. The van der Waals surface area contributed by atoms with Gasteiger partial charge >= 0.3 is 0 Å². The van der Waals surface area contributed by atoms with Crippen LogP contribution in [0, 0.1) is 0 Å². The van der Waals surface area contributed by atoms with Crippen LogP contribution in [0.25, 0.3) is 5.32 Å². The van der Waals surface area contributed by atoms with Crippen molar-refractivity contribution in [1.29, 1.82) is 0 Å². The van der Waals surface area contributed by atoms with Crippen LogP contribution in [0.3, 0.4) is 0 Å². The van der Waals surface area contributed by atoms with Crippen LogP contribution in [0.5, 0.6) is 0 Å². The van der Waals surface area contributed by atoms with Crippen LogP contribution in [-0.2, 0) is 21.7 Å². The summed E-state index contributed by atoms with van der Waals surface area (Å²) in [6.07, 6.45) is 0. The monoisotopic (exact) mass is 124 g/mol. The van der Waals surface area contributed by atoms with E-state index < -0.39 is 0 Å². The average molecular weight is 124 g/mol. The summed E-state index contributed by atoms with van der Waals surface area (Å²) < 4.78 is 0. The first kappa shape index (κ1) is 16.0. The summed E-state index contributed by atoms with van der Waals surface area (Å²) >= 11 is 0. The second-order valence-electron chi connectivity index (χ2n) is 0.447. The van der Waals surface area contributed by atoms with Crippen LogP contribution in [0.4, 0.5) is 0 Å². The summed E-state index contributed by atoms with van der Waals surface area (Å²) in [4.78, 5) is 0. The van der Waals surface area contributed by atoms with Gasteiger partial charge in [-0.15, -0.1) is 0 Å². The predicted octanol–water partition coefficient (Wildman–Crippen LogP) is -0.564. The molecule has 38 valence electrons. The van der Waals surface area contributed by atoms with Crippen molar-refractivity contribution >= 4 is 0 Å². The Morgan fingerprint density at radius 1 is 1.17 bits per heavy atom. The molecule has 0 unspecified atom stereocenters. The Morgan fingerprint density at radius 2 is 1.17 bits per heavy atom. The number of nitrogens with zero attached hydrogens (tertiary/aromatic N) is 1. The molecule has 0 aliphatic rings. The first-order valence-electron chi connectivity index (χ1n) is 1.23. The maximum Gasteiger partial charge on any atom is 0 e. The summed E-state index contributed by atoms with van der Waals surface area (Å²) in [6, 6.07) is 0. The molecule has 0 amide bonds. The zero-order valence-electron chi connectivity index (χ0n) is 4.10. The maximum atomic E-state index is 4.00. The summed E-state index contributed by atoms with van der Waals surface area (Å²) in [7, 11) is 3.50. The van der Waals surface area contributed by atoms with Crippen molar-refractivity contribution in [3.8, 4) is 0 Å². The van der Waals surface area contributed by atoms with Gasteiger partial charge in [-0.05, 0) is 0 Å². The Bertz CT molecular complexity index is 8.75. The van der Waals surface area contributed by atoms with Gasteiger partial charge in [0.1, 0.15) is 0 Å². The quantitative estimate of drug-likeness (QED) is 0.258. The molecule has 0 spiro atoms. The van der Waals surface area contributed by atoms with Crippen LogP contribution in [0.1, 0.15) is 0 Å². The van der Waals surface area contributed by atoms with Crippen molar-refractivity contribution in [1.82, 2.24) is 0 Å². The van der Waals surface area contributed by atoms with Crippen molar-refractivity contribution in [3.05, 3.63) is 5.32 Å². The molecule has 0 fully saturated rings. The molecule has 0 aliphatic carbocycles. The van der Waals surface area contributed by atoms with Gasteiger partial charge in [0, 0.05) is 21.7 Å². The first-order valence-corrected chi connectivity index (χ1v) is 1.23. The molecule has 0 aromatic carbocycles. The minimum Gasteiger partial charge on any atom is -0.668 e. The fraction of sp³-hybridized carbons (Fsp3) is 1.00. The molecule has 0 aromatic rings. The molecule has 0 radical (unpaired) electrons. The summed E-state index contributed by atoms with van der Waals surface area (Å²) in [6.45, 7) is 0. The third-order valence-corrected chi connectivity index (χ3v) is 0. The van der Waals surface area contributed by atoms with Gasteiger partial charge in [0.05, 0.1) is 0 Å². The fourth-order valence-electron chi connectivity index (χ4n) is 0. The topological polar surface area (TPSA) is 66.1 Å². The Kier molecular flexibility index (Phi) is 124. The molecule has 4 heteroatoms. The van der Waals surface area contributed by atoms with Crippen molar-refractivity contribution in [2.45, 2.75) is 0 Å². The molecule has 0 aliphatic heterocycles. The number of nitrogens with two attached hydrogens (primary N) is 2. The zero-order valence-corrected chi connectivity index (χ0v) is 5.66. The normalized spacial score (nSPS) is 4.00. The van der Waals surface area contributed by atoms with Crippen molar-refractivity contribution in [2.75, 3.05) is 14.1 Å². The van der Waals surface area contributed by atoms with E-state index in [1.54, 1.807) is 14.1 Å². The van der Waals surface area contributed by atoms with Gasteiger partial charge in [-0.1, -0.05) is 0 Å². The van der Waals surface area contributed by atoms with E-state index in [-0.39, 0.29) is 21.7 Å². The molecule has 0 bridgehead atoms. The minimum atomic E-state index is 0. The van der Waals surface area contributed by atoms with E-state index in [9.17, 15) is 0 Å². The molecular formula is C2H10N3Ti-. The SMILES string of the molecule is C[N-]C.NN.[Ti]. The molecule has 6 heavy (non-hydrogen) atoms. The summed E-state index contributed by atoms with van der Waals surface area (Å²) in [5.41, 5.74) is 0. The molecule has 3 nitrogen and oxygen atoms in total. The first-order chi connectivity index (χ1) is 2.41. The molecular weight excluding hydrogens is 114 g/mol. The van der Waals surface area contributed by atoms with E-state index in [0.29, 0.717) is 0 Å². The zero-order chi connectivity index (χ0) is 4.71. The average Bonchev–Trinajstić information content (AvgIpc) is 1.46. The Balaban J connectivity index is -0.0000000275. The Hall–Kier alpha value is 0.594. The standard InChI is InChI=1S/C2H6N.H4N2.Ti/c1-3-2;1-2;/h1-2H3;1-2H2;/q-1;;. The van der Waals surface area contributed by atoms with E-state index in [0.717, 1.165) is 0 Å². The minimum absolute atomic E-state index is 0. The summed E-state index contributed by atoms with van der Waals surface area (Å²) in [5.74, 6) is 8.00. The van der Waals surface area contributed by atoms with Gasteiger partial charge in [0.2, 0.25) is 0 Å². The second-order valence-corrected chi connectivity index (χ2v) is 0.447.